The zero-order valence-electron chi connectivity index (χ0n) is 10.8. The maximum Gasteiger partial charge on any atom is 0.239 e. The van der Waals surface area contributed by atoms with Crippen molar-refractivity contribution in [2.24, 2.45) is 5.92 Å². The molecule has 1 amide bonds. The van der Waals surface area contributed by atoms with Crippen LogP contribution < -0.4 is 10.6 Å². The summed E-state index contributed by atoms with van der Waals surface area (Å²) in [6.07, 6.45) is 0. The van der Waals surface area contributed by atoms with Crippen molar-refractivity contribution in [2.75, 3.05) is 11.9 Å². The van der Waals surface area contributed by atoms with Crippen LogP contribution >= 0.6 is 11.6 Å². The van der Waals surface area contributed by atoms with E-state index in [0.29, 0.717) is 10.9 Å². The Hall–Kier alpha value is -1.29. The summed E-state index contributed by atoms with van der Waals surface area (Å²) in [6, 6.07) is 4.38. The van der Waals surface area contributed by atoms with Gasteiger partial charge < -0.3 is 10.6 Å². The predicted octanol–water partition coefficient (Wildman–Crippen LogP) is 3.05. The van der Waals surface area contributed by atoms with Crippen molar-refractivity contribution < 1.29 is 9.18 Å². The van der Waals surface area contributed by atoms with Gasteiger partial charge in [-0.05, 0) is 31.0 Å². The highest BCUT2D eigenvalue weighted by Crippen LogP contribution is 2.18. The summed E-state index contributed by atoms with van der Waals surface area (Å²) in [5, 5.41) is 5.90. The first kappa shape index (κ1) is 14.8. The highest BCUT2D eigenvalue weighted by Gasteiger charge is 2.11. The summed E-state index contributed by atoms with van der Waals surface area (Å²) in [4.78, 5) is 11.6. The van der Waals surface area contributed by atoms with E-state index in [2.05, 4.69) is 10.6 Å². The minimum Gasteiger partial charge on any atom is -0.374 e. The molecule has 5 heteroatoms. The van der Waals surface area contributed by atoms with E-state index in [1.54, 1.807) is 6.07 Å². The number of amides is 1. The molecule has 3 nitrogen and oxygen atoms in total. The molecule has 100 valence electrons. The van der Waals surface area contributed by atoms with Crippen LogP contribution in [-0.2, 0) is 4.79 Å². The standard InChI is InChI=1S/C13H18ClFN2O/c1-8(2)9(3)17-13(18)7-16-12-5-4-10(14)6-11(12)15/h4-6,8-9,16H,7H2,1-3H3,(H,17,18). The fourth-order valence-corrected chi connectivity index (χ4v) is 1.44. The Morgan fingerprint density at radius 2 is 2.06 bits per heavy atom. The van der Waals surface area contributed by atoms with Gasteiger partial charge in [0.2, 0.25) is 5.91 Å². The Morgan fingerprint density at radius 3 is 2.61 bits per heavy atom. The summed E-state index contributed by atoms with van der Waals surface area (Å²) < 4.78 is 13.4. The van der Waals surface area contributed by atoms with Gasteiger partial charge in [-0.1, -0.05) is 25.4 Å². The molecule has 18 heavy (non-hydrogen) atoms. The maximum absolute atomic E-state index is 13.4. The van der Waals surface area contributed by atoms with E-state index < -0.39 is 5.82 Å². The van der Waals surface area contributed by atoms with E-state index >= 15 is 0 Å². The predicted molar refractivity (Wildman–Crippen MR) is 72.3 cm³/mol. The van der Waals surface area contributed by atoms with Crippen molar-refractivity contribution in [3.8, 4) is 0 Å². The number of halogens is 2. The van der Waals surface area contributed by atoms with Crippen LogP contribution in [-0.4, -0.2) is 18.5 Å². The third-order valence-corrected chi connectivity index (χ3v) is 2.99. The number of anilines is 1. The molecule has 0 aliphatic carbocycles. The average Bonchev–Trinajstić information content (AvgIpc) is 2.27. The molecule has 1 unspecified atom stereocenters. The lowest BCUT2D eigenvalue weighted by Gasteiger charge is -2.17. The Bertz CT molecular complexity index is 423. The van der Waals surface area contributed by atoms with E-state index in [0.717, 1.165) is 0 Å². The van der Waals surface area contributed by atoms with E-state index in [1.165, 1.54) is 12.1 Å². The van der Waals surface area contributed by atoms with Crippen LogP contribution in [0.1, 0.15) is 20.8 Å². The molecule has 1 aromatic carbocycles. The molecular weight excluding hydrogens is 255 g/mol. The number of rotatable bonds is 5. The van der Waals surface area contributed by atoms with Crippen molar-refractivity contribution >= 4 is 23.2 Å². The molecule has 1 aromatic rings. The van der Waals surface area contributed by atoms with E-state index in [-0.39, 0.29) is 24.2 Å². The number of nitrogens with one attached hydrogen (secondary N) is 2. The molecule has 0 bridgehead atoms. The van der Waals surface area contributed by atoms with Crippen LogP contribution in [0.5, 0.6) is 0 Å². The van der Waals surface area contributed by atoms with Crippen LogP contribution in [0.2, 0.25) is 5.02 Å². The molecule has 1 rings (SSSR count). The highest BCUT2D eigenvalue weighted by atomic mass is 35.5. The van der Waals surface area contributed by atoms with Gasteiger partial charge in [0.15, 0.2) is 0 Å². The SMILES string of the molecule is CC(C)C(C)NC(=O)CNc1ccc(Cl)cc1F. The normalized spacial score (nSPS) is 12.3. The molecular formula is C13H18ClFN2O. The summed E-state index contributed by atoms with van der Waals surface area (Å²) >= 11 is 5.64. The zero-order chi connectivity index (χ0) is 13.7. The van der Waals surface area contributed by atoms with Gasteiger partial charge in [0.1, 0.15) is 5.82 Å². The Labute approximate surface area is 112 Å². The van der Waals surface area contributed by atoms with Crippen molar-refractivity contribution in [1.29, 1.82) is 0 Å². The molecule has 0 saturated carbocycles. The summed E-state index contributed by atoms with van der Waals surface area (Å²) in [5.41, 5.74) is 0.270. The zero-order valence-corrected chi connectivity index (χ0v) is 11.5. The van der Waals surface area contributed by atoms with Crippen LogP contribution in [0.4, 0.5) is 10.1 Å². The Kier molecular flexibility index (Phi) is 5.41. The molecule has 0 aromatic heterocycles. The van der Waals surface area contributed by atoms with Crippen LogP contribution in [0.3, 0.4) is 0 Å². The quantitative estimate of drug-likeness (QED) is 0.865. The van der Waals surface area contributed by atoms with E-state index in [4.69, 9.17) is 11.6 Å². The first-order chi connectivity index (χ1) is 8.40. The average molecular weight is 273 g/mol. The molecule has 0 heterocycles. The van der Waals surface area contributed by atoms with Gasteiger partial charge in [-0.25, -0.2) is 4.39 Å². The van der Waals surface area contributed by atoms with E-state index in [9.17, 15) is 9.18 Å². The summed E-state index contributed by atoms with van der Waals surface area (Å²) in [5.74, 6) is -0.265. The maximum atomic E-state index is 13.4. The largest absolute Gasteiger partial charge is 0.374 e. The first-order valence-corrected chi connectivity index (χ1v) is 6.26. The highest BCUT2D eigenvalue weighted by molar-refractivity contribution is 6.30. The minimum absolute atomic E-state index is 0.0373. The monoisotopic (exact) mass is 272 g/mol. The lowest BCUT2D eigenvalue weighted by molar-refractivity contribution is -0.120. The fraction of sp³-hybridized carbons (Fsp3) is 0.462. The summed E-state index contributed by atoms with van der Waals surface area (Å²) in [7, 11) is 0. The molecule has 2 N–H and O–H groups in total. The number of hydrogen-bond acceptors (Lipinski definition) is 2. The molecule has 0 spiro atoms. The van der Waals surface area contributed by atoms with Crippen LogP contribution in [0.25, 0.3) is 0 Å². The van der Waals surface area contributed by atoms with Gasteiger partial charge in [-0.3, -0.25) is 4.79 Å². The number of carbonyl (C=O) groups is 1. The third kappa shape index (κ3) is 4.53. The van der Waals surface area contributed by atoms with Crippen LogP contribution in [0.15, 0.2) is 18.2 Å². The van der Waals surface area contributed by atoms with Crippen LogP contribution in [0, 0.1) is 11.7 Å². The number of benzene rings is 1. The Morgan fingerprint density at radius 1 is 1.39 bits per heavy atom. The van der Waals surface area contributed by atoms with Crippen molar-refractivity contribution in [3.05, 3.63) is 29.0 Å². The molecule has 0 radical (unpaired) electrons. The lowest BCUT2D eigenvalue weighted by Crippen LogP contribution is -2.39. The first-order valence-electron chi connectivity index (χ1n) is 5.88. The fourth-order valence-electron chi connectivity index (χ4n) is 1.28. The third-order valence-electron chi connectivity index (χ3n) is 2.76. The van der Waals surface area contributed by atoms with Gasteiger partial charge >= 0.3 is 0 Å². The van der Waals surface area contributed by atoms with E-state index in [1.807, 2.05) is 20.8 Å². The topological polar surface area (TPSA) is 41.1 Å². The number of hydrogen-bond donors (Lipinski definition) is 2. The van der Waals surface area contributed by atoms with Gasteiger partial charge in [-0.15, -0.1) is 0 Å². The van der Waals surface area contributed by atoms with Crippen molar-refractivity contribution in [3.63, 3.8) is 0 Å². The minimum atomic E-state index is -0.466. The lowest BCUT2D eigenvalue weighted by atomic mass is 10.1. The van der Waals surface area contributed by atoms with Crippen molar-refractivity contribution in [2.45, 2.75) is 26.8 Å². The molecule has 0 fully saturated rings. The summed E-state index contributed by atoms with van der Waals surface area (Å²) in [6.45, 7) is 6.02. The molecule has 0 saturated heterocycles. The smallest absolute Gasteiger partial charge is 0.239 e. The number of carbonyl (C=O) groups excluding carboxylic acids is 1. The van der Waals surface area contributed by atoms with Gasteiger partial charge in [-0.2, -0.15) is 0 Å². The molecule has 0 aliphatic heterocycles. The Balaban J connectivity index is 2.47. The molecule has 1 atom stereocenters. The van der Waals surface area contributed by atoms with Gasteiger partial charge in [0.05, 0.1) is 12.2 Å². The van der Waals surface area contributed by atoms with Crippen molar-refractivity contribution in [1.82, 2.24) is 5.32 Å². The van der Waals surface area contributed by atoms with Gasteiger partial charge in [0.25, 0.3) is 0 Å². The second kappa shape index (κ2) is 6.59. The van der Waals surface area contributed by atoms with Gasteiger partial charge in [0, 0.05) is 11.1 Å². The second-order valence-corrected chi connectivity index (χ2v) is 5.01. The molecule has 0 aliphatic rings. The second-order valence-electron chi connectivity index (χ2n) is 4.58.